The van der Waals surface area contributed by atoms with Crippen LogP contribution in [0.2, 0.25) is 0 Å². The van der Waals surface area contributed by atoms with E-state index in [0.717, 1.165) is 0 Å². The van der Waals surface area contributed by atoms with Crippen LogP contribution in [0.5, 0.6) is 5.75 Å². The van der Waals surface area contributed by atoms with Gasteiger partial charge in [-0.05, 0) is 24.3 Å². The summed E-state index contributed by atoms with van der Waals surface area (Å²) >= 11 is 0. The number of hydrogen-bond acceptors (Lipinski definition) is 13. The number of carbonyl (C=O) groups excluding carboxylic acids is 3. The van der Waals surface area contributed by atoms with Crippen molar-refractivity contribution in [2.24, 2.45) is 0 Å². The van der Waals surface area contributed by atoms with E-state index in [9.17, 15) is 44.1 Å². The molecule has 0 spiro atoms. The lowest BCUT2D eigenvalue weighted by Gasteiger charge is -2.32. The molecule has 47 heavy (non-hydrogen) atoms. The Bertz CT molecular complexity index is 1150. The Hall–Kier alpha value is -4.36. The fourth-order valence-electron chi connectivity index (χ4n) is 4.54. The molecule has 2 rings (SSSR count). The van der Waals surface area contributed by atoms with Crippen molar-refractivity contribution in [1.82, 2.24) is 30.2 Å². The number of nitrogens with zero attached hydrogens (tertiary/aromatic N) is 4. The largest absolute Gasteiger partial charge is 0.513 e. The van der Waals surface area contributed by atoms with Crippen molar-refractivity contribution in [3.8, 4) is 5.75 Å². The number of rotatable bonds is 16. The molecule has 262 valence electrons. The number of amides is 2. The number of hydrogen-bond donors (Lipinski definition) is 5. The van der Waals surface area contributed by atoms with Crippen molar-refractivity contribution in [3.05, 3.63) is 29.8 Å². The molecule has 5 N–H and O–H groups in total. The lowest BCUT2D eigenvalue weighted by atomic mass is 10.2. The summed E-state index contributed by atoms with van der Waals surface area (Å²) in [6.07, 6.45) is -0.942. The molecular weight excluding hydrogens is 624 g/mol. The molecule has 0 aliphatic carbocycles. The van der Waals surface area contributed by atoms with Gasteiger partial charge in [-0.15, -0.1) is 0 Å². The van der Waals surface area contributed by atoms with Gasteiger partial charge in [0.1, 0.15) is 12.4 Å². The maximum absolute atomic E-state index is 12.7. The molecule has 1 fully saturated rings. The molecule has 0 aromatic heterocycles. The van der Waals surface area contributed by atoms with Gasteiger partial charge in [0.2, 0.25) is 5.91 Å². The topological polar surface area (TPSA) is 228 Å². The highest BCUT2D eigenvalue weighted by molar-refractivity contribution is 5.94. The third-order valence-corrected chi connectivity index (χ3v) is 6.93. The first-order chi connectivity index (χ1) is 22.4. The molecule has 1 aromatic rings. The van der Waals surface area contributed by atoms with Crippen LogP contribution in [0.3, 0.4) is 0 Å². The molecule has 0 unspecified atom stereocenters. The average Bonchev–Trinajstić information content (AvgIpc) is 3.01. The van der Waals surface area contributed by atoms with Gasteiger partial charge < -0.3 is 40.2 Å². The molecular formula is C29H44N6O12. The Morgan fingerprint density at radius 1 is 0.660 bits per heavy atom. The fraction of sp³-hybridized carbons (Fsp3) is 0.586. The van der Waals surface area contributed by atoms with Crippen molar-refractivity contribution >= 4 is 35.9 Å². The van der Waals surface area contributed by atoms with Gasteiger partial charge in [-0.2, -0.15) is 0 Å². The van der Waals surface area contributed by atoms with Crippen molar-refractivity contribution in [2.45, 2.75) is 0 Å². The summed E-state index contributed by atoms with van der Waals surface area (Å²) in [6.45, 7) is 1.84. The minimum atomic E-state index is -1.04. The third-order valence-electron chi connectivity index (χ3n) is 6.93. The zero-order chi connectivity index (χ0) is 34.6. The second kappa shape index (κ2) is 21.4. The standard InChI is InChI=1S/C29H44N6O12/c1-30-28(43)22-2-4-23(5-3-22)47-29(44)46-17-16-45-15-6-31-24(36)18-32-7-9-33(19-25(37)38)11-13-35(21-27(41)42)14-12-34(10-8-32)20-26(39)40/h2-5H,6-21H2,1H3,(H,30,43)(H,31,36)(H,37,38)(H,39,40)(H,41,42). The molecule has 1 aliphatic rings. The molecule has 1 aliphatic heterocycles. The number of ether oxygens (including phenoxy) is 3. The molecule has 1 heterocycles. The highest BCUT2D eigenvalue weighted by Crippen LogP contribution is 2.13. The lowest BCUT2D eigenvalue weighted by Crippen LogP contribution is -2.50. The van der Waals surface area contributed by atoms with Crippen LogP contribution >= 0.6 is 0 Å². The number of benzene rings is 1. The van der Waals surface area contributed by atoms with E-state index in [0.29, 0.717) is 31.7 Å². The van der Waals surface area contributed by atoms with Crippen LogP contribution in [-0.2, 0) is 28.7 Å². The molecule has 0 radical (unpaired) electrons. The number of carbonyl (C=O) groups is 6. The van der Waals surface area contributed by atoms with Crippen LogP contribution in [0.4, 0.5) is 4.79 Å². The van der Waals surface area contributed by atoms with E-state index in [1.54, 1.807) is 14.7 Å². The first-order valence-corrected chi connectivity index (χ1v) is 15.0. The number of nitrogens with one attached hydrogen (secondary N) is 2. The third kappa shape index (κ3) is 17.2. The van der Waals surface area contributed by atoms with Crippen LogP contribution in [0, 0.1) is 0 Å². The summed E-state index contributed by atoms with van der Waals surface area (Å²) < 4.78 is 15.4. The maximum Gasteiger partial charge on any atom is 0.513 e. The lowest BCUT2D eigenvalue weighted by molar-refractivity contribution is -0.140. The zero-order valence-corrected chi connectivity index (χ0v) is 26.4. The van der Waals surface area contributed by atoms with Gasteiger partial charge in [0.05, 0.1) is 39.4 Å². The van der Waals surface area contributed by atoms with E-state index >= 15 is 0 Å². The van der Waals surface area contributed by atoms with Crippen LogP contribution < -0.4 is 15.4 Å². The smallest absolute Gasteiger partial charge is 0.480 e. The average molecular weight is 669 g/mol. The van der Waals surface area contributed by atoms with E-state index in [4.69, 9.17) is 14.2 Å². The van der Waals surface area contributed by atoms with Gasteiger partial charge in [0.25, 0.3) is 5.91 Å². The normalized spacial score (nSPS) is 15.9. The second-order valence-electron chi connectivity index (χ2n) is 10.6. The van der Waals surface area contributed by atoms with Gasteiger partial charge in [-0.25, -0.2) is 4.79 Å². The predicted molar refractivity (Wildman–Crippen MR) is 164 cm³/mol. The number of aliphatic carboxylic acids is 3. The van der Waals surface area contributed by atoms with E-state index in [1.165, 1.54) is 31.3 Å². The molecule has 0 bridgehead atoms. The summed E-state index contributed by atoms with van der Waals surface area (Å²) in [5, 5.41) is 33.2. The van der Waals surface area contributed by atoms with Gasteiger partial charge in [0.15, 0.2) is 0 Å². The monoisotopic (exact) mass is 668 g/mol. The zero-order valence-electron chi connectivity index (χ0n) is 26.4. The molecule has 18 heteroatoms. The molecule has 0 saturated carbocycles. The molecule has 2 amide bonds. The fourth-order valence-corrected chi connectivity index (χ4v) is 4.54. The molecule has 1 aromatic carbocycles. The highest BCUT2D eigenvalue weighted by Gasteiger charge is 2.21. The maximum atomic E-state index is 12.7. The molecule has 0 atom stereocenters. The quantitative estimate of drug-likeness (QED) is 0.0741. The summed E-state index contributed by atoms with van der Waals surface area (Å²) in [4.78, 5) is 77.1. The van der Waals surface area contributed by atoms with Gasteiger partial charge in [-0.3, -0.25) is 43.6 Å². The first kappa shape index (κ1) is 38.8. The van der Waals surface area contributed by atoms with Crippen molar-refractivity contribution in [1.29, 1.82) is 0 Å². The summed E-state index contributed by atoms with van der Waals surface area (Å²) in [5.41, 5.74) is 0.407. The minimum absolute atomic E-state index is 0.0218. The molecule has 1 saturated heterocycles. The van der Waals surface area contributed by atoms with Crippen molar-refractivity contribution in [2.75, 3.05) is 112 Å². The van der Waals surface area contributed by atoms with Gasteiger partial charge in [-0.1, -0.05) is 0 Å². The summed E-state index contributed by atoms with van der Waals surface area (Å²) in [5.74, 6) is -3.49. The minimum Gasteiger partial charge on any atom is -0.480 e. The SMILES string of the molecule is CNC(=O)c1ccc(OC(=O)OCCOCCNC(=O)CN2CCN(CC(=O)O)CCN(CC(=O)O)CCN(CC(=O)O)CC2)cc1. The van der Waals surface area contributed by atoms with E-state index < -0.39 is 24.1 Å². The van der Waals surface area contributed by atoms with Crippen molar-refractivity contribution in [3.63, 3.8) is 0 Å². The van der Waals surface area contributed by atoms with Gasteiger partial charge >= 0.3 is 24.1 Å². The molecule has 18 nitrogen and oxygen atoms in total. The van der Waals surface area contributed by atoms with Crippen LogP contribution in [-0.4, -0.2) is 183 Å². The van der Waals surface area contributed by atoms with E-state index in [2.05, 4.69) is 10.6 Å². The predicted octanol–water partition coefficient (Wildman–Crippen LogP) is -1.83. The van der Waals surface area contributed by atoms with Crippen molar-refractivity contribution < 1.29 is 58.3 Å². The van der Waals surface area contributed by atoms with Gasteiger partial charge in [0, 0.05) is 71.5 Å². The summed E-state index contributed by atoms with van der Waals surface area (Å²) in [6, 6.07) is 5.91. The Kier molecular flexibility index (Phi) is 17.7. The Morgan fingerprint density at radius 3 is 1.53 bits per heavy atom. The Balaban J connectivity index is 1.78. The Labute approximate surface area is 272 Å². The summed E-state index contributed by atoms with van der Waals surface area (Å²) in [7, 11) is 1.50. The van der Waals surface area contributed by atoms with E-state index in [1.807, 2.05) is 4.90 Å². The van der Waals surface area contributed by atoms with E-state index in [-0.39, 0.29) is 96.3 Å². The highest BCUT2D eigenvalue weighted by atomic mass is 16.7. The second-order valence-corrected chi connectivity index (χ2v) is 10.6. The number of carboxylic acid groups (broad SMARTS) is 3. The van der Waals surface area contributed by atoms with Crippen LogP contribution in [0.15, 0.2) is 24.3 Å². The van der Waals surface area contributed by atoms with Crippen LogP contribution in [0.25, 0.3) is 0 Å². The number of carboxylic acids is 3. The Morgan fingerprint density at radius 2 is 1.11 bits per heavy atom. The first-order valence-electron chi connectivity index (χ1n) is 15.0. The van der Waals surface area contributed by atoms with Crippen LogP contribution in [0.1, 0.15) is 10.4 Å².